The summed E-state index contributed by atoms with van der Waals surface area (Å²) >= 11 is 0. The number of aromatic nitrogens is 1. The molecule has 47 heavy (non-hydrogen) atoms. The number of fused-ring (bicyclic) bond motifs is 17. The van der Waals surface area contributed by atoms with Gasteiger partial charge in [0.05, 0.1) is 11.0 Å². The third kappa shape index (κ3) is 3.10. The Kier molecular flexibility index (Phi) is 4.68. The Labute approximate surface area is 271 Å². The van der Waals surface area contributed by atoms with E-state index in [2.05, 4.69) is 158 Å². The van der Waals surface area contributed by atoms with Crippen molar-refractivity contribution in [2.45, 2.75) is 19.3 Å². The smallest absolute Gasteiger partial charge is 0.135 e. The highest BCUT2D eigenvalue weighted by atomic mass is 16.3. The normalized spacial score (nSPS) is 13.9. The van der Waals surface area contributed by atoms with Crippen molar-refractivity contribution in [2.75, 3.05) is 0 Å². The highest BCUT2D eigenvalue weighted by Gasteiger charge is 2.40. The van der Waals surface area contributed by atoms with Gasteiger partial charge in [0, 0.05) is 32.6 Å². The largest absolute Gasteiger partial charge is 0.456 e. The van der Waals surface area contributed by atoms with Crippen molar-refractivity contribution in [1.29, 1.82) is 0 Å². The van der Waals surface area contributed by atoms with Gasteiger partial charge in [-0.25, -0.2) is 0 Å². The van der Waals surface area contributed by atoms with E-state index in [-0.39, 0.29) is 5.41 Å². The van der Waals surface area contributed by atoms with Gasteiger partial charge >= 0.3 is 0 Å². The van der Waals surface area contributed by atoms with E-state index in [1.807, 2.05) is 0 Å². The van der Waals surface area contributed by atoms with E-state index in [1.54, 1.807) is 0 Å². The molecule has 2 heteroatoms. The van der Waals surface area contributed by atoms with Crippen LogP contribution < -0.4 is 0 Å². The highest BCUT2D eigenvalue weighted by molar-refractivity contribution is 6.26. The van der Waals surface area contributed by atoms with E-state index >= 15 is 0 Å². The number of para-hydroxylation sites is 2. The number of benzene rings is 8. The summed E-state index contributed by atoms with van der Waals surface area (Å²) in [6, 6.07) is 51.2. The molecule has 0 aliphatic heterocycles. The molecule has 8 aromatic carbocycles. The van der Waals surface area contributed by atoms with Crippen LogP contribution in [0.1, 0.15) is 25.0 Å². The maximum absolute atomic E-state index is 6.38. The Morgan fingerprint density at radius 3 is 1.70 bits per heavy atom. The molecule has 0 spiro atoms. The van der Waals surface area contributed by atoms with Crippen LogP contribution in [0.4, 0.5) is 0 Å². The maximum atomic E-state index is 6.38. The van der Waals surface area contributed by atoms with Crippen molar-refractivity contribution in [3.63, 3.8) is 0 Å². The molecule has 220 valence electrons. The van der Waals surface area contributed by atoms with Crippen molar-refractivity contribution in [1.82, 2.24) is 4.57 Å². The monoisotopic (exact) mass is 599 g/mol. The third-order valence-corrected chi connectivity index (χ3v) is 10.9. The molecule has 0 saturated heterocycles. The lowest BCUT2D eigenvalue weighted by atomic mass is 9.79. The van der Waals surface area contributed by atoms with Crippen LogP contribution in [0.2, 0.25) is 0 Å². The predicted molar refractivity (Wildman–Crippen MR) is 198 cm³/mol. The van der Waals surface area contributed by atoms with Gasteiger partial charge in [0.15, 0.2) is 0 Å². The number of hydrogen-bond acceptors (Lipinski definition) is 1. The summed E-state index contributed by atoms with van der Waals surface area (Å²) in [4.78, 5) is 0. The molecule has 11 rings (SSSR count). The SMILES string of the molecule is CC1(C)c2c(ccc3oc4ccccc4c23)-c2ccc3c(c21)c1ccccc1n3-c1ccc2c3ccccc3c3ccccc3c2c1. The second kappa shape index (κ2) is 8.69. The fraction of sp³-hybridized carbons (Fsp3) is 0.0667. The Bertz CT molecular complexity index is 2950. The van der Waals surface area contributed by atoms with Gasteiger partial charge < -0.3 is 8.98 Å². The summed E-state index contributed by atoms with van der Waals surface area (Å²) in [7, 11) is 0. The summed E-state index contributed by atoms with van der Waals surface area (Å²) in [5.41, 5.74) is 10.7. The zero-order valence-electron chi connectivity index (χ0n) is 26.1. The summed E-state index contributed by atoms with van der Waals surface area (Å²) in [6.07, 6.45) is 0. The zero-order chi connectivity index (χ0) is 31.0. The van der Waals surface area contributed by atoms with E-state index in [4.69, 9.17) is 4.42 Å². The van der Waals surface area contributed by atoms with Crippen LogP contribution in [-0.4, -0.2) is 4.57 Å². The van der Waals surface area contributed by atoms with Crippen LogP contribution >= 0.6 is 0 Å². The average molecular weight is 600 g/mol. The molecule has 2 heterocycles. The molecule has 0 radical (unpaired) electrons. The lowest BCUT2D eigenvalue weighted by molar-refractivity contribution is 0.660. The number of furan rings is 1. The van der Waals surface area contributed by atoms with Crippen molar-refractivity contribution in [3.8, 4) is 16.8 Å². The maximum Gasteiger partial charge on any atom is 0.135 e. The fourth-order valence-corrected chi connectivity index (χ4v) is 9.06. The van der Waals surface area contributed by atoms with Gasteiger partial charge in [-0.1, -0.05) is 117 Å². The molecule has 0 N–H and O–H groups in total. The molecule has 10 aromatic rings. The van der Waals surface area contributed by atoms with E-state index in [0.29, 0.717) is 0 Å². The average Bonchev–Trinajstić information content (AvgIpc) is 3.73. The second-order valence-electron chi connectivity index (χ2n) is 13.6. The molecule has 1 aliphatic rings. The fourth-order valence-electron chi connectivity index (χ4n) is 9.06. The Morgan fingerprint density at radius 2 is 0.979 bits per heavy atom. The summed E-state index contributed by atoms with van der Waals surface area (Å²) in [5.74, 6) is 0. The minimum absolute atomic E-state index is 0.232. The number of hydrogen-bond donors (Lipinski definition) is 0. The van der Waals surface area contributed by atoms with Crippen molar-refractivity contribution in [3.05, 3.63) is 151 Å². The lowest BCUT2D eigenvalue weighted by Gasteiger charge is -2.23. The van der Waals surface area contributed by atoms with E-state index < -0.39 is 0 Å². The molecule has 0 saturated carbocycles. The topological polar surface area (TPSA) is 18.1 Å². The Hall–Kier alpha value is -5.86. The highest BCUT2D eigenvalue weighted by Crippen LogP contribution is 2.56. The van der Waals surface area contributed by atoms with Crippen LogP contribution in [0.3, 0.4) is 0 Å². The van der Waals surface area contributed by atoms with Gasteiger partial charge in [-0.3, -0.25) is 0 Å². The van der Waals surface area contributed by atoms with Gasteiger partial charge in [-0.15, -0.1) is 0 Å². The Morgan fingerprint density at radius 1 is 0.426 bits per heavy atom. The molecule has 0 bridgehead atoms. The summed E-state index contributed by atoms with van der Waals surface area (Å²) in [5, 5.41) is 12.8. The Balaban J connectivity index is 1.24. The first kappa shape index (κ1) is 25.3. The summed E-state index contributed by atoms with van der Waals surface area (Å²) in [6.45, 7) is 4.80. The van der Waals surface area contributed by atoms with Crippen molar-refractivity contribution in [2.24, 2.45) is 0 Å². The first-order chi connectivity index (χ1) is 23.1. The second-order valence-corrected chi connectivity index (χ2v) is 13.6. The number of rotatable bonds is 1. The number of nitrogens with zero attached hydrogens (tertiary/aromatic N) is 1. The van der Waals surface area contributed by atoms with Crippen LogP contribution in [0, 0.1) is 0 Å². The molecule has 2 nitrogen and oxygen atoms in total. The molecular formula is C45H29NO. The van der Waals surface area contributed by atoms with Crippen LogP contribution in [0.25, 0.3) is 92.9 Å². The predicted octanol–water partition coefficient (Wildman–Crippen LogP) is 12.4. The van der Waals surface area contributed by atoms with Crippen molar-refractivity contribution < 1.29 is 4.42 Å². The molecule has 1 aliphatic carbocycles. The van der Waals surface area contributed by atoms with E-state index in [0.717, 1.165) is 11.2 Å². The van der Waals surface area contributed by atoms with E-state index in [1.165, 1.54) is 92.8 Å². The van der Waals surface area contributed by atoms with Crippen LogP contribution in [-0.2, 0) is 5.41 Å². The minimum atomic E-state index is -0.232. The molecule has 0 fully saturated rings. The van der Waals surface area contributed by atoms with E-state index in [9.17, 15) is 0 Å². The van der Waals surface area contributed by atoms with Gasteiger partial charge in [-0.05, 0) is 91.0 Å². The zero-order valence-corrected chi connectivity index (χ0v) is 26.1. The summed E-state index contributed by atoms with van der Waals surface area (Å²) < 4.78 is 8.86. The minimum Gasteiger partial charge on any atom is -0.456 e. The molecule has 2 aromatic heterocycles. The van der Waals surface area contributed by atoms with Gasteiger partial charge in [0.1, 0.15) is 11.2 Å². The molecule has 0 atom stereocenters. The van der Waals surface area contributed by atoms with Gasteiger partial charge in [0.25, 0.3) is 0 Å². The molecular weight excluding hydrogens is 571 g/mol. The quantitative estimate of drug-likeness (QED) is 0.172. The first-order valence-electron chi connectivity index (χ1n) is 16.4. The van der Waals surface area contributed by atoms with Crippen LogP contribution in [0.15, 0.2) is 144 Å². The van der Waals surface area contributed by atoms with Gasteiger partial charge in [-0.2, -0.15) is 0 Å². The van der Waals surface area contributed by atoms with Crippen LogP contribution in [0.5, 0.6) is 0 Å². The third-order valence-electron chi connectivity index (χ3n) is 10.9. The van der Waals surface area contributed by atoms with Gasteiger partial charge in [0.2, 0.25) is 0 Å². The van der Waals surface area contributed by atoms with Crippen molar-refractivity contribution >= 4 is 76.1 Å². The lowest BCUT2D eigenvalue weighted by Crippen LogP contribution is -2.16. The molecule has 0 amide bonds. The first-order valence-corrected chi connectivity index (χ1v) is 16.4. The standard InChI is InChI=1S/C45H29NO/c1-45(2)43-32(33-22-24-40-42(44(33)45)35-16-8-10-18-39(35)47-40)21-23-38-41(43)34-15-7-9-17-37(34)46(38)26-19-20-31-29-13-4-3-11-27(29)28-12-5-6-14-30(28)36(31)25-26/h3-25H,1-2H3. The molecule has 0 unspecified atom stereocenters.